The standard InChI is InChI=1S/C30H26F2N6O/c1-17-4-5-25-24(9-17)20(16-37-25)14-28(39)38-26(12-18-10-21(31)15-22(32)11-18)29-23(3-2-7-36-29)19-6-8-35-27(13-19)30(33)34/h2-11,13,15-16,26,37H,12,14H2,1H3,(H3,33,34)(H,38,39). The van der Waals surface area contributed by atoms with Gasteiger partial charge >= 0.3 is 0 Å². The molecule has 0 spiro atoms. The van der Waals surface area contributed by atoms with Crippen molar-refractivity contribution in [2.75, 3.05) is 0 Å². The Labute approximate surface area is 223 Å². The van der Waals surface area contributed by atoms with Gasteiger partial charge in [-0.3, -0.25) is 20.2 Å². The van der Waals surface area contributed by atoms with Crippen LogP contribution in [0.1, 0.15) is 34.1 Å². The molecule has 0 aliphatic rings. The predicted molar refractivity (Wildman–Crippen MR) is 146 cm³/mol. The lowest BCUT2D eigenvalue weighted by molar-refractivity contribution is -0.121. The monoisotopic (exact) mass is 524 g/mol. The molecule has 1 amide bonds. The van der Waals surface area contributed by atoms with Crippen LogP contribution in [0.3, 0.4) is 0 Å². The first-order valence-corrected chi connectivity index (χ1v) is 12.3. The van der Waals surface area contributed by atoms with Crippen molar-refractivity contribution in [1.29, 1.82) is 5.41 Å². The zero-order chi connectivity index (χ0) is 27.5. The minimum Gasteiger partial charge on any atom is -0.382 e. The van der Waals surface area contributed by atoms with Gasteiger partial charge in [0.2, 0.25) is 5.91 Å². The van der Waals surface area contributed by atoms with E-state index >= 15 is 0 Å². The van der Waals surface area contributed by atoms with Gasteiger partial charge in [0.25, 0.3) is 0 Å². The molecule has 0 aliphatic heterocycles. The average molecular weight is 525 g/mol. The van der Waals surface area contributed by atoms with Crippen molar-refractivity contribution in [2.45, 2.75) is 25.8 Å². The third kappa shape index (κ3) is 5.82. The van der Waals surface area contributed by atoms with Crippen LogP contribution in [-0.4, -0.2) is 26.7 Å². The molecule has 0 radical (unpaired) electrons. The number of nitrogens with zero attached hydrogens (tertiary/aromatic N) is 2. The SMILES string of the molecule is Cc1ccc2[nH]cc(CC(=O)NC(Cc3cc(F)cc(F)c3)c3ncccc3-c3ccnc(C(=N)N)c3)c2c1. The number of aryl methyl sites for hydroxylation is 1. The summed E-state index contributed by atoms with van der Waals surface area (Å²) in [5, 5.41) is 11.7. The average Bonchev–Trinajstić information content (AvgIpc) is 3.29. The second-order valence-corrected chi connectivity index (χ2v) is 9.42. The van der Waals surface area contributed by atoms with E-state index in [1.165, 1.54) is 18.3 Å². The zero-order valence-electron chi connectivity index (χ0n) is 21.1. The Bertz CT molecular complexity index is 1680. The second kappa shape index (κ2) is 10.8. The highest BCUT2D eigenvalue weighted by atomic mass is 19.1. The van der Waals surface area contributed by atoms with Crippen LogP contribution in [0.25, 0.3) is 22.0 Å². The van der Waals surface area contributed by atoms with Crippen molar-refractivity contribution in [3.05, 3.63) is 119 Å². The van der Waals surface area contributed by atoms with Crippen molar-refractivity contribution < 1.29 is 13.6 Å². The van der Waals surface area contributed by atoms with Crippen LogP contribution in [-0.2, 0) is 17.6 Å². The number of amidine groups is 1. The summed E-state index contributed by atoms with van der Waals surface area (Å²) in [6.45, 7) is 1.99. The van der Waals surface area contributed by atoms with Gasteiger partial charge in [0.15, 0.2) is 0 Å². The number of aromatic nitrogens is 3. The van der Waals surface area contributed by atoms with Gasteiger partial charge in [-0.2, -0.15) is 0 Å². The lowest BCUT2D eigenvalue weighted by atomic mass is 9.95. The van der Waals surface area contributed by atoms with E-state index in [1.807, 2.05) is 37.4 Å². The number of carbonyl (C=O) groups is 1. The van der Waals surface area contributed by atoms with Gasteiger partial charge in [0.05, 0.1) is 18.2 Å². The van der Waals surface area contributed by atoms with Crippen molar-refractivity contribution in [3.8, 4) is 11.1 Å². The van der Waals surface area contributed by atoms with Crippen LogP contribution in [0.4, 0.5) is 8.78 Å². The third-order valence-corrected chi connectivity index (χ3v) is 6.49. The van der Waals surface area contributed by atoms with Gasteiger partial charge in [-0.05, 0) is 72.5 Å². The Kier molecular flexibility index (Phi) is 7.14. The summed E-state index contributed by atoms with van der Waals surface area (Å²) < 4.78 is 28.1. The van der Waals surface area contributed by atoms with Gasteiger partial charge in [0.1, 0.15) is 23.2 Å². The molecule has 7 nitrogen and oxygen atoms in total. The number of nitrogens with one attached hydrogen (secondary N) is 3. The number of hydrogen-bond acceptors (Lipinski definition) is 4. The number of halogens is 2. The van der Waals surface area contributed by atoms with Crippen LogP contribution < -0.4 is 11.1 Å². The van der Waals surface area contributed by atoms with E-state index in [0.717, 1.165) is 28.1 Å². The zero-order valence-corrected chi connectivity index (χ0v) is 21.1. The van der Waals surface area contributed by atoms with E-state index in [2.05, 4.69) is 20.3 Å². The first kappa shape index (κ1) is 25.7. The summed E-state index contributed by atoms with van der Waals surface area (Å²) in [4.78, 5) is 25.3. The quantitative estimate of drug-likeness (QED) is 0.166. The minimum absolute atomic E-state index is 0.0993. The molecule has 0 saturated carbocycles. The topological polar surface area (TPSA) is 121 Å². The summed E-state index contributed by atoms with van der Waals surface area (Å²) >= 11 is 0. The van der Waals surface area contributed by atoms with Crippen LogP contribution in [0.15, 0.2) is 79.3 Å². The molecule has 0 bridgehead atoms. The van der Waals surface area contributed by atoms with Crippen LogP contribution >= 0.6 is 0 Å². The van der Waals surface area contributed by atoms with Gasteiger partial charge in [0, 0.05) is 41.1 Å². The maximum atomic E-state index is 14.1. The number of aromatic amines is 1. The number of benzene rings is 2. The number of fused-ring (bicyclic) bond motifs is 1. The van der Waals surface area contributed by atoms with Gasteiger partial charge in [-0.1, -0.05) is 17.7 Å². The van der Waals surface area contributed by atoms with Crippen LogP contribution in [0, 0.1) is 24.0 Å². The second-order valence-electron chi connectivity index (χ2n) is 9.42. The van der Waals surface area contributed by atoms with E-state index in [0.29, 0.717) is 28.1 Å². The molecule has 3 aromatic heterocycles. The molecule has 1 unspecified atom stereocenters. The fourth-order valence-electron chi connectivity index (χ4n) is 4.72. The number of H-pyrrole nitrogens is 1. The number of amides is 1. The van der Waals surface area contributed by atoms with E-state index in [9.17, 15) is 13.6 Å². The van der Waals surface area contributed by atoms with Crippen molar-refractivity contribution in [3.63, 3.8) is 0 Å². The van der Waals surface area contributed by atoms with Crippen molar-refractivity contribution >= 4 is 22.6 Å². The highest BCUT2D eigenvalue weighted by Gasteiger charge is 2.22. The van der Waals surface area contributed by atoms with E-state index in [-0.39, 0.29) is 24.6 Å². The molecule has 2 aromatic carbocycles. The normalized spacial score (nSPS) is 11.9. The molecular formula is C30H26F2N6O. The predicted octanol–water partition coefficient (Wildman–Crippen LogP) is 5.14. The van der Waals surface area contributed by atoms with Crippen LogP contribution in [0.2, 0.25) is 0 Å². The summed E-state index contributed by atoms with van der Waals surface area (Å²) in [5.41, 5.74) is 11.0. The molecule has 0 aliphatic carbocycles. The maximum absolute atomic E-state index is 14.1. The summed E-state index contributed by atoms with van der Waals surface area (Å²) in [6.07, 6.45) is 5.15. The lowest BCUT2D eigenvalue weighted by Gasteiger charge is -2.22. The minimum atomic E-state index is -0.712. The highest BCUT2D eigenvalue weighted by molar-refractivity contribution is 5.94. The Balaban J connectivity index is 1.52. The number of hydrogen-bond donors (Lipinski definition) is 4. The van der Waals surface area contributed by atoms with Gasteiger partial charge in [-0.15, -0.1) is 0 Å². The van der Waals surface area contributed by atoms with Gasteiger partial charge in [-0.25, -0.2) is 8.78 Å². The molecule has 9 heteroatoms. The van der Waals surface area contributed by atoms with Gasteiger partial charge < -0.3 is 16.0 Å². The fraction of sp³-hybridized carbons (Fsp3) is 0.133. The Hall–Kier alpha value is -4.92. The molecule has 39 heavy (non-hydrogen) atoms. The number of rotatable bonds is 8. The summed E-state index contributed by atoms with van der Waals surface area (Å²) in [7, 11) is 0. The Morgan fingerprint density at radius 3 is 2.62 bits per heavy atom. The Morgan fingerprint density at radius 1 is 1.05 bits per heavy atom. The van der Waals surface area contributed by atoms with E-state index < -0.39 is 17.7 Å². The molecule has 196 valence electrons. The number of nitrogens with two attached hydrogens (primary N) is 1. The first-order chi connectivity index (χ1) is 18.8. The van der Waals surface area contributed by atoms with Crippen LogP contribution in [0.5, 0.6) is 0 Å². The molecule has 3 heterocycles. The smallest absolute Gasteiger partial charge is 0.225 e. The van der Waals surface area contributed by atoms with E-state index in [4.69, 9.17) is 11.1 Å². The molecular weight excluding hydrogens is 498 g/mol. The fourth-order valence-corrected chi connectivity index (χ4v) is 4.72. The van der Waals surface area contributed by atoms with Crippen molar-refractivity contribution in [2.24, 2.45) is 5.73 Å². The maximum Gasteiger partial charge on any atom is 0.225 e. The number of nitrogen functional groups attached to an aromatic ring is 1. The molecule has 0 saturated heterocycles. The summed E-state index contributed by atoms with van der Waals surface area (Å²) in [5.74, 6) is -1.86. The van der Waals surface area contributed by atoms with Crippen molar-refractivity contribution in [1.82, 2.24) is 20.3 Å². The first-order valence-electron chi connectivity index (χ1n) is 12.3. The Morgan fingerprint density at radius 2 is 1.85 bits per heavy atom. The molecule has 1 atom stereocenters. The molecule has 5 N–H and O–H groups in total. The molecule has 0 fully saturated rings. The highest BCUT2D eigenvalue weighted by Crippen LogP contribution is 2.30. The number of pyridine rings is 2. The summed E-state index contributed by atoms with van der Waals surface area (Å²) in [6, 6.07) is 15.6. The largest absolute Gasteiger partial charge is 0.382 e. The third-order valence-electron chi connectivity index (χ3n) is 6.49. The molecule has 5 aromatic rings. The molecule has 5 rings (SSSR count). The number of carbonyl (C=O) groups excluding carboxylic acids is 1. The van der Waals surface area contributed by atoms with E-state index in [1.54, 1.807) is 24.4 Å². The lowest BCUT2D eigenvalue weighted by Crippen LogP contribution is -2.32.